The Morgan fingerprint density at radius 2 is 1.65 bits per heavy atom. The molecule has 0 aromatic carbocycles. The molecule has 0 aromatic heterocycles. The molecule has 0 spiro atoms. The minimum absolute atomic E-state index is 0.256. The molecule has 12 heteroatoms. The van der Waals surface area contributed by atoms with Gasteiger partial charge in [0, 0.05) is 6.54 Å². The number of rotatable bonds is 9. The lowest BCUT2D eigenvalue weighted by Gasteiger charge is -2.27. The van der Waals surface area contributed by atoms with E-state index in [1.807, 2.05) is 5.32 Å². The molecule has 1 aliphatic rings. The Bertz CT molecular complexity index is 543. The number of hydrogen-bond donors (Lipinski definition) is 7. The maximum atomic E-state index is 12.4. The maximum Gasteiger partial charge on any atom is 0.328 e. The van der Waals surface area contributed by atoms with Crippen LogP contribution in [0.25, 0.3) is 0 Å². The van der Waals surface area contributed by atoms with E-state index in [2.05, 4.69) is 5.32 Å². The average molecular weight is 376 g/mol. The first-order chi connectivity index (χ1) is 12.3. The number of nitrogens with two attached hydrogens (primary N) is 1. The van der Waals surface area contributed by atoms with Crippen LogP contribution in [0.1, 0.15) is 12.8 Å². The number of nitrogens with one attached hydrogen (secondary N) is 2. The normalized spacial score (nSPS) is 20.2. The van der Waals surface area contributed by atoms with Crippen LogP contribution in [0.15, 0.2) is 0 Å². The number of aliphatic hydroxyl groups is 3. The van der Waals surface area contributed by atoms with Gasteiger partial charge in [-0.3, -0.25) is 14.4 Å². The van der Waals surface area contributed by atoms with E-state index in [9.17, 15) is 24.3 Å². The number of carboxylic acids is 1. The summed E-state index contributed by atoms with van der Waals surface area (Å²) < 4.78 is 0. The summed E-state index contributed by atoms with van der Waals surface area (Å²) in [6.07, 6.45) is 0.827. The van der Waals surface area contributed by atoms with Crippen LogP contribution in [0.5, 0.6) is 0 Å². The zero-order valence-electron chi connectivity index (χ0n) is 14.0. The summed E-state index contributed by atoms with van der Waals surface area (Å²) in [7, 11) is 0. The summed E-state index contributed by atoms with van der Waals surface area (Å²) in [6.45, 7) is -2.00. The van der Waals surface area contributed by atoms with E-state index < -0.39 is 67.7 Å². The van der Waals surface area contributed by atoms with Crippen LogP contribution in [0.4, 0.5) is 0 Å². The van der Waals surface area contributed by atoms with Crippen LogP contribution in [0, 0.1) is 0 Å². The first-order valence-electron chi connectivity index (χ1n) is 7.99. The fraction of sp³-hybridized carbons (Fsp3) is 0.714. The lowest BCUT2D eigenvalue weighted by molar-refractivity contribution is -0.144. The second kappa shape index (κ2) is 10.0. The van der Waals surface area contributed by atoms with Crippen molar-refractivity contribution >= 4 is 23.7 Å². The molecule has 8 N–H and O–H groups in total. The Morgan fingerprint density at radius 3 is 2.15 bits per heavy atom. The molecule has 1 heterocycles. The zero-order valence-corrected chi connectivity index (χ0v) is 14.0. The standard InChI is InChI=1S/C14H24N4O8/c15-7(4-19)13(24)18-3-1-2-10(18)12(23)16-8(5-20)11(22)17-9(6-21)14(25)26/h7-10,19-21H,1-6,15H2,(H,16,23)(H,17,22)(H,25,26). The van der Waals surface area contributed by atoms with Crippen molar-refractivity contribution in [2.75, 3.05) is 26.4 Å². The van der Waals surface area contributed by atoms with Gasteiger partial charge in [0.1, 0.15) is 24.2 Å². The van der Waals surface area contributed by atoms with Crippen molar-refractivity contribution in [1.82, 2.24) is 15.5 Å². The molecule has 4 atom stereocenters. The van der Waals surface area contributed by atoms with Crippen molar-refractivity contribution in [3.05, 3.63) is 0 Å². The van der Waals surface area contributed by atoms with Gasteiger partial charge in [-0.25, -0.2) is 4.79 Å². The number of nitrogens with zero attached hydrogens (tertiary/aromatic N) is 1. The van der Waals surface area contributed by atoms with Crippen molar-refractivity contribution in [2.45, 2.75) is 37.0 Å². The second-order valence-corrected chi connectivity index (χ2v) is 5.80. The van der Waals surface area contributed by atoms with E-state index in [0.29, 0.717) is 12.8 Å². The molecule has 4 unspecified atom stereocenters. The number of likely N-dealkylation sites (tertiary alicyclic amines) is 1. The molecule has 3 amide bonds. The van der Waals surface area contributed by atoms with Gasteiger partial charge in [-0.1, -0.05) is 0 Å². The van der Waals surface area contributed by atoms with Crippen molar-refractivity contribution in [3.8, 4) is 0 Å². The molecule has 12 nitrogen and oxygen atoms in total. The quantitative estimate of drug-likeness (QED) is 0.206. The van der Waals surface area contributed by atoms with Crippen LogP contribution in [0.3, 0.4) is 0 Å². The molecule has 1 rings (SSSR count). The summed E-state index contributed by atoms with van der Waals surface area (Å²) in [4.78, 5) is 48.4. The number of amides is 3. The number of carbonyl (C=O) groups excluding carboxylic acids is 3. The Balaban J connectivity index is 2.74. The molecule has 0 radical (unpaired) electrons. The van der Waals surface area contributed by atoms with Crippen molar-refractivity contribution < 1.29 is 39.6 Å². The number of carboxylic acid groups (broad SMARTS) is 1. The second-order valence-electron chi connectivity index (χ2n) is 5.80. The van der Waals surface area contributed by atoms with Gasteiger partial charge in [0.05, 0.1) is 19.8 Å². The Morgan fingerprint density at radius 1 is 1.04 bits per heavy atom. The highest BCUT2D eigenvalue weighted by Gasteiger charge is 2.37. The molecule has 26 heavy (non-hydrogen) atoms. The molecule has 1 fully saturated rings. The van der Waals surface area contributed by atoms with E-state index in [1.54, 1.807) is 0 Å². The largest absolute Gasteiger partial charge is 0.480 e. The lowest BCUT2D eigenvalue weighted by atomic mass is 10.1. The third kappa shape index (κ3) is 5.36. The third-order valence-electron chi connectivity index (χ3n) is 3.97. The summed E-state index contributed by atoms with van der Waals surface area (Å²) in [6, 6.07) is -5.13. The molecule has 1 aliphatic heterocycles. The highest BCUT2D eigenvalue weighted by Crippen LogP contribution is 2.18. The molecule has 1 saturated heterocycles. The molecule has 148 valence electrons. The van der Waals surface area contributed by atoms with Crippen LogP contribution >= 0.6 is 0 Å². The molecular formula is C14H24N4O8. The van der Waals surface area contributed by atoms with Gasteiger partial charge in [0.25, 0.3) is 0 Å². The minimum Gasteiger partial charge on any atom is -0.480 e. The predicted molar refractivity (Wildman–Crippen MR) is 85.5 cm³/mol. The number of hydrogen-bond acceptors (Lipinski definition) is 8. The SMILES string of the molecule is NC(CO)C(=O)N1CCCC1C(=O)NC(CO)C(=O)NC(CO)C(=O)O. The average Bonchev–Trinajstić information content (AvgIpc) is 3.11. The maximum absolute atomic E-state index is 12.4. The smallest absolute Gasteiger partial charge is 0.328 e. The molecule has 0 saturated carbocycles. The monoisotopic (exact) mass is 376 g/mol. The lowest BCUT2D eigenvalue weighted by Crippen LogP contribution is -2.58. The van der Waals surface area contributed by atoms with Gasteiger partial charge >= 0.3 is 5.97 Å². The van der Waals surface area contributed by atoms with Gasteiger partial charge in [-0.15, -0.1) is 0 Å². The highest BCUT2D eigenvalue weighted by atomic mass is 16.4. The van der Waals surface area contributed by atoms with Crippen molar-refractivity contribution in [3.63, 3.8) is 0 Å². The molecule has 0 aliphatic carbocycles. The fourth-order valence-electron chi connectivity index (χ4n) is 2.51. The molecular weight excluding hydrogens is 352 g/mol. The fourth-order valence-corrected chi connectivity index (χ4v) is 2.51. The van der Waals surface area contributed by atoms with E-state index in [4.69, 9.17) is 21.1 Å². The van der Waals surface area contributed by atoms with Crippen LogP contribution in [-0.2, 0) is 19.2 Å². The summed E-state index contributed by atoms with van der Waals surface area (Å²) in [5.41, 5.74) is 5.48. The van der Waals surface area contributed by atoms with Gasteiger partial charge < -0.3 is 41.7 Å². The minimum atomic E-state index is -1.58. The summed E-state index contributed by atoms with van der Waals surface area (Å²) >= 11 is 0. The Kier molecular flexibility index (Phi) is 8.38. The highest BCUT2D eigenvalue weighted by molar-refractivity contribution is 5.94. The topological polar surface area (TPSA) is 203 Å². The number of aliphatic carboxylic acids is 1. The van der Waals surface area contributed by atoms with E-state index in [-0.39, 0.29) is 6.54 Å². The summed E-state index contributed by atoms with van der Waals surface area (Å²) in [5, 5.41) is 40.2. The summed E-state index contributed by atoms with van der Waals surface area (Å²) in [5.74, 6) is -3.80. The first-order valence-corrected chi connectivity index (χ1v) is 7.99. The van der Waals surface area contributed by atoms with Crippen molar-refractivity contribution in [1.29, 1.82) is 0 Å². The Labute approximate surface area is 149 Å². The van der Waals surface area contributed by atoms with Crippen LogP contribution in [0.2, 0.25) is 0 Å². The molecule has 0 aromatic rings. The van der Waals surface area contributed by atoms with Gasteiger partial charge in [0.15, 0.2) is 0 Å². The van der Waals surface area contributed by atoms with E-state index in [1.165, 1.54) is 4.90 Å². The Hall–Kier alpha value is -2.28. The first kappa shape index (κ1) is 21.8. The zero-order chi connectivity index (χ0) is 19.9. The predicted octanol–water partition coefficient (Wildman–Crippen LogP) is -4.66. The molecule has 0 bridgehead atoms. The van der Waals surface area contributed by atoms with Crippen LogP contribution < -0.4 is 16.4 Å². The van der Waals surface area contributed by atoms with E-state index >= 15 is 0 Å². The van der Waals surface area contributed by atoms with Gasteiger partial charge in [-0.2, -0.15) is 0 Å². The number of aliphatic hydroxyl groups excluding tert-OH is 3. The van der Waals surface area contributed by atoms with Gasteiger partial charge in [0.2, 0.25) is 17.7 Å². The van der Waals surface area contributed by atoms with Crippen LogP contribution in [-0.4, -0.2) is 99.5 Å². The van der Waals surface area contributed by atoms with Gasteiger partial charge in [-0.05, 0) is 12.8 Å². The third-order valence-corrected chi connectivity index (χ3v) is 3.97. The van der Waals surface area contributed by atoms with E-state index in [0.717, 1.165) is 0 Å². The number of carbonyl (C=O) groups is 4. The van der Waals surface area contributed by atoms with Crippen molar-refractivity contribution in [2.24, 2.45) is 5.73 Å².